The van der Waals surface area contributed by atoms with Crippen LogP contribution in [0.15, 0.2) is 105 Å². The van der Waals surface area contributed by atoms with E-state index in [0.717, 1.165) is 44.7 Å². The number of imide groups is 1. The summed E-state index contributed by atoms with van der Waals surface area (Å²) in [5.74, 6) is -1.69. The summed E-state index contributed by atoms with van der Waals surface area (Å²) in [5.41, 5.74) is 2.97. The maximum Gasteiger partial charge on any atom is 1.00 e. The van der Waals surface area contributed by atoms with Crippen molar-refractivity contribution in [2.45, 2.75) is 92.2 Å². The summed E-state index contributed by atoms with van der Waals surface area (Å²) in [6.07, 6.45) is 9.57. The first-order chi connectivity index (χ1) is 32.9. The Balaban J connectivity index is 0.00000385. The number of fused-ring (bicyclic) bond motifs is 6. The van der Waals surface area contributed by atoms with E-state index >= 15 is 0 Å². The van der Waals surface area contributed by atoms with Gasteiger partial charge in [-0.15, -0.1) is 5.06 Å². The SMILES string of the molecule is CCN1C(=CC=CC=CC2=[N+](CCCSOO[O-])c3ccc4c(S(=O)(=O)[O-])cc(S(=O)(=O)[O-])cc4c3C2(C)C)C(C)(C)c2c1ccc1c(S(=O)(=O)N(C)CCCC(=O)ON3C(=O)CCC3=O)cccc21.[Na+].[Na+].[Na+]. The Morgan fingerprint density at radius 2 is 1.47 bits per heavy atom. The number of sulfonamides is 1. The van der Waals surface area contributed by atoms with Gasteiger partial charge in [0.25, 0.3) is 11.8 Å². The number of nitrogens with zero attached hydrogens (tertiary/aromatic N) is 4. The molecule has 3 heterocycles. The van der Waals surface area contributed by atoms with Crippen molar-refractivity contribution in [3.8, 4) is 0 Å². The van der Waals surface area contributed by atoms with Gasteiger partial charge in [0.05, 0.1) is 20.1 Å². The molecule has 0 spiro atoms. The van der Waals surface area contributed by atoms with E-state index in [0.29, 0.717) is 58.7 Å². The van der Waals surface area contributed by atoms with E-state index in [2.05, 4.69) is 28.1 Å². The second kappa shape index (κ2) is 25.0. The monoisotopic (exact) mass is 1110 g/mol. The van der Waals surface area contributed by atoms with Crippen LogP contribution in [-0.2, 0) is 69.7 Å². The molecule has 4 aromatic rings. The Hall–Kier alpha value is -2.34. The molecule has 4 aromatic carbocycles. The Labute approximate surface area is 495 Å². The molecule has 0 aromatic heterocycles. The third kappa shape index (κ3) is 12.8. The van der Waals surface area contributed by atoms with Crippen molar-refractivity contribution < 1.29 is 161 Å². The second-order valence-electron chi connectivity index (χ2n) is 17.8. The van der Waals surface area contributed by atoms with Crippen LogP contribution in [0.4, 0.5) is 11.4 Å². The zero-order valence-corrected chi connectivity index (χ0v) is 51.3. The molecule has 0 unspecified atom stereocenters. The summed E-state index contributed by atoms with van der Waals surface area (Å²) >= 11 is 0.804. The first-order valence-electron chi connectivity index (χ1n) is 22.1. The van der Waals surface area contributed by atoms with Gasteiger partial charge >= 0.3 is 94.6 Å². The zero-order chi connectivity index (χ0) is 51.1. The van der Waals surface area contributed by atoms with Gasteiger partial charge in [0.2, 0.25) is 15.7 Å². The van der Waals surface area contributed by atoms with E-state index in [1.165, 1.54) is 19.2 Å². The van der Waals surface area contributed by atoms with Crippen molar-refractivity contribution in [3.05, 3.63) is 102 Å². The number of allylic oxidation sites excluding steroid dienone is 6. The Kier molecular flexibility index (Phi) is 21.6. The second-order valence-corrected chi connectivity index (χ2v) is 23.3. The molecule has 0 atom stereocenters. The number of carbonyl (C=O) groups excluding carboxylic acids is 3. The van der Waals surface area contributed by atoms with E-state index < -0.39 is 68.7 Å². The van der Waals surface area contributed by atoms with E-state index in [9.17, 15) is 54.0 Å². The minimum absolute atomic E-state index is 0. The van der Waals surface area contributed by atoms with Crippen LogP contribution in [0.5, 0.6) is 0 Å². The maximum absolute atomic E-state index is 14.1. The molecule has 26 heteroatoms. The Morgan fingerprint density at radius 3 is 2.10 bits per heavy atom. The quantitative estimate of drug-likeness (QED) is 0.0101. The summed E-state index contributed by atoms with van der Waals surface area (Å²) in [6, 6.07) is 13.5. The first-order valence-corrected chi connectivity index (χ1v) is 27.2. The van der Waals surface area contributed by atoms with Gasteiger partial charge in [-0.1, -0.05) is 50.3 Å². The van der Waals surface area contributed by atoms with Gasteiger partial charge in [-0.2, -0.15) is 8.91 Å². The van der Waals surface area contributed by atoms with Crippen molar-refractivity contribution >= 4 is 98.7 Å². The molecule has 1 fully saturated rings. The normalized spacial score (nSPS) is 17.0. The average molecular weight is 1110 g/mol. The zero-order valence-electron chi connectivity index (χ0n) is 42.0. The molecule has 7 rings (SSSR count). The molecule has 3 aliphatic rings. The maximum atomic E-state index is 14.1. The predicted molar refractivity (Wildman–Crippen MR) is 255 cm³/mol. The number of hydroxylamine groups is 2. The van der Waals surface area contributed by atoms with Crippen LogP contribution in [0, 0.1) is 0 Å². The van der Waals surface area contributed by atoms with Crippen molar-refractivity contribution in [1.82, 2.24) is 9.37 Å². The van der Waals surface area contributed by atoms with Crippen molar-refractivity contribution in [2.75, 3.05) is 37.3 Å². The van der Waals surface area contributed by atoms with Crippen LogP contribution in [0.2, 0.25) is 0 Å². The molecule has 0 radical (unpaired) electrons. The molecule has 1 saturated heterocycles. The van der Waals surface area contributed by atoms with Gasteiger partial charge in [-0.25, -0.2) is 34.4 Å². The van der Waals surface area contributed by atoms with E-state index in [1.54, 1.807) is 18.2 Å². The molecule has 2 amide bonds. The molecular weight excluding hydrogens is 1060 g/mol. The molecule has 0 bridgehead atoms. The molecule has 0 saturated carbocycles. The summed E-state index contributed by atoms with van der Waals surface area (Å²) in [4.78, 5) is 41.5. The fourth-order valence-electron chi connectivity index (χ4n) is 9.62. The molecule has 73 heavy (non-hydrogen) atoms. The topological polar surface area (TPSA) is 263 Å². The van der Waals surface area contributed by atoms with E-state index in [4.69, 9.17) is 4.84 Å². The van der Waals surface area contributed by atoms with E-state index in [1.807, 2.05) is 67.9 Å². The van der Waals surface area contributed by atoms with Gasteiger partial charge in [0, 0.05) is 109 Å². The van der Waals surface area contributed by atoms with Crippen LogP contribution < -0.4 is 98.8 Å². The average Bonchev–Trinajstić information content (AvgIpc) is 3.81. The van der Waals surface area contributed by atoms with Gasteiger partial charge in [-0.3, -0.25) is 14.6 Å². The Morgan fingerprint density at radius 1 is 0.808 bits per heavy atom. The summed E-state index contributed by atoms with van der Waals surface area (Å²) in [6.45, 7) is 10.7. The van der Waals surface area contributed by atoms with Crippen molar-refractivity contribution in [2.24, 2.45) is 0 Å². The largest absolute Gasteiger partial charge is 1.00 e. The van der Waals surface area contributed by atoms with Crippen LogP contribution in [0.25, 0.3) is 21.5 Å². The van der Waals surface area contributed by atoms with Crippen LogP contribution >= 0.6 is 12.0 Å². The summed E-state index contributed by atoms with van der Waals surface area (Å²) in [7, 11) is -13.1. The predicted octanol–water partition coefficient (Wildman–Crippen LogP) is -3.73. The molecule has 19 nitrogen and oxygen atoms in total. The fraction of sp³-hybridized carbons (Fsp3) is 0.362. The van der Waals surface area contributed by atoms with E-state index in [-0.39, 0.29) is 137 Å². The molecular formula is C47H50N4Na3O15S4+. The third-order valence-corrected chi connectivity index (χ3v) is 17.0. The fourth-order valence-corrected chi connectivity index (χ4v) is 12.7. The number of rotatable bonds is 19. The van der Waals surface area contributed by atoms with Crippen LogP contribution in [0.1, 0.15) is 77.8 Å². The number of hydrogen-bond acceptors (Lipinski definition) is 17. The smallest absolute Gasteiger partial charge is 0.744 e. The molecule has 374 valence electrons. The Bertz CT molecular complexity index is 3290. The first kappa shape index (κ1) is 63.2. The number of anilines is 1. The standard InChI is InChI=1S/C47H52N4O15S4.3Na/c1-7-49-35-21-19-31-33(14-11-15-37(31)68(56,57)48(6)25-12-18-43(54)64-51-41(52)23-24-42(51)53)44(35)46(2,3)39(49)16-9-8-10-17-40-47(4,5)45-34-28-30(69(58,59)60)29-38(70(61,62)63)32(34)20-22-36(45)50(40)26-13-27-67-66-65-55;;;/h8-11,14-17,19-22,28-29H,7,12-13,18,23-27H2,1-6H3,(H2-,55,58,59,60,61,62,63);;;/q;3*+1/p-2. The van der Waals surface area contributed by atoms with Gasteiger partial charge in [-0.05, 0) is 79.9 Å². The number of hydrogen-bond donors (Lipinski definition) is 0. The van der Waals surface area contributed by atoms with Gasteiger partial charge in [0.1, 0.15) is 26.8 Å². The minimum atomic E-state index is -5.22. The number of benzene rings is 4. The van der Waals surface area contributed by atoms with Crippen LogP contribution in [-0.4, -0.2) is 104 Å². The summed E-state index contributed by atoms with van der Waals surface area (Å²) < 4.78 is 110. The molecule has 0 N–H and O–H groups in total. The van der Waals surface area contributed by atoms with Crippen molar-refractivity contribution in [3.63, 3.8) is 0 Å². The number of likely N-dealkylation sites (N-methyl/N-ethyl adjacent to an activating group) is 1. The number of amides is 2. The summed E-state index contributed by atoms with van der Waals surface area (Å²) in [5, 5.41) is 15.6. The van der Waals surface area contributed by atoms with Crippen LogP contribution in [0.3, 0.4) is 0 Å². The molecule has 0 aliphatic carbocycles. The van der Waals surface area contributed by atoms with Crippen molar-refractivity contribution in [1.29, 1.82) is 0 Å². The third-order valence-electron chi connectivity index (χ3n) is 12.8. The molecule has 3 aliphatic heterocycles. The van der Waals surface area contributed by atoms with Gasteiger partial charge < -0.3 is 24.1 Å². The minimum Gasteiger partial charge on any atom is -0.744 e. The number of carbonyl (C=O) groups is 3. The van der Waals surface area contributed by atoms with Gasteiger partial charge in [0.15, 0.2) is 5.71 Å².